The Bertz CT molecular complexity index is 628. The van der Waals surface area contributed by atoms with E-state index in [4.69, 9.17) is 21.1 Å². The smallest absolute Gasteiger partial charge is 0.329 e. The number of carboxylic acids is 1. The van der Waals surface area contributed by atoms with E-state index in [9.17, 15) is 14.7 Å². The summed E-state index contributed by atoms with van der Waals surface area (Å²) >= 11 is 6.03. The van der Waals surface area contributed by atoms with Gasteiger partial charge in [-0.3, -0.25) is 4.79 Å². The van der Waals surface area contributed by atoms with E-state index in [0.29, 0.717) is 11.5 Å². The molecule has 1 aromatic carbocycles. The molecule has 0 saturated heterocycles. The molecule has 1 aliphatic carbocycles. The van der Waals surface area contributed by atoms with Gasteiger partial charge in [0.2, 0.25) is 6.79 Å². The molecule has 7 heteroatoms. The van der Waals surface area contributed by atoms with Crippen LogP contribution in [0.25, 0.3) is 0 Å². The second-order valence-electron chi connectivity index (χ2n) is 5.43. The zero-order valence-corrected chi connectivity index (χ0v) is 12.1. The van der Waals surface area contributed by atoms with Gasteiger partial charge in [-0.2, -0.15) is 0 Å². The molecule has 2 N–H and O–H groups in total. The van der Waals surface area contributed by atoms with Gasteiger partial charge in [-0.25, -0.2) is 4.79 Å². The van der Waals surface area contributed by atoms with E-state index in [1.807, 2.05) is 0 Å². The topological polar surface area (TPSA) is 84.9 Å². The van der Waals surface area contributed by atoms with Gasteiger partial charge in [0.15, 0.2) is 11.5 Å². The van der Waals surface area contributed by atoms with Crippen molar-refractivity contribution in [1.82, 2.24) is 5.32 Å². The summed E-state index contributed by atoms with van der Waals surface area (Å²) in [6.45, 7) is 1.58. The third-order valence-corrected chi connectivity index (χ3v) is 4.18. The number of nitrogens with one attached hydrogen (secondary N) is 1. The Balaban J connectivity index is 1.86. The quantitative estimate of drug-likeness (QED) is 0.889. The average Bonchev–Trinajstić information content (AvgIpc) is 3.17. The summed E-state index contributed by atoms with van der Waals surface area (Å²) < 4.78 is 10.4. The van der Waals surface area contributed by atoms with Crippen LogP contribution in [0.3, 0.4) is 0 Å². The van der Waals surface area contributed by atoms with Crippen molar-refractivity contribution in [2.24, 2.45) is 5.92 Å². The molecule has 21 heavy (non-hydrogen) atoms. The number of aliphatic carboxylic acids is 1. The number of carbonyl (C=O) groups excluding carboxylic acids is 1. The predicted octanol–water partition coefficient (Wildman–Crippen LogP) is 2.05. The predicted molar refractivity (Wildman–Crippen MR) is 73.8 cm³/mol. The highest BCUT2D eigenvalue weighted by Gasteiger charge is 2.48. The Kier molecular flexibility index (Phi) is 3.20. The highest BCUT2D eigenvalue weighted by Crippen LogP contribution is 2.41. The summed E-state index contributed by atoms with van der Waals surface area (Å²) in [5.41, 5.74) is -1.02. The van der Waals surface area contributed by atoms with Crippen LogP contribution in [0.15, 0.2) is 12.1 Å². The van der Waals surface area contributed by atoms with Crippen molar-refractivity contribution in [3.63, 3.8) is 0 Å². The maximum atomic E-state index is 12.3. The maximum absolute atomic E-state index is 12.3. The molecule has 0 radical (unpaired) electrons. The van der Waals surface area contributed by atoms with Crippen molar-refractivity contribution < 1.29 is 24.2 Å². The number of ether oxygens (including phenoxy) is 2. The molecule has 0 bridgehead atoms. The van der Waals surface area contributed by atoms with Gasteiger partial charge in [0.25, 0.3) is 5.91 Å². The average molecular weight is 312 g/mol. The maximum Gasteiger partial charge on any atom is 0.329 e. The molecule has 3 rings (SSSR count). The van der Waals surface area contributed by atoms with E-state index in [2.05, 4.69) is 5.32 Å². The number of halogens is 1. The minimum absolute atomic E-state index is 0.0385. The third-order valence-electron chi connectivity index (χ3n) is 3.90. The van der Waals surface area contributed by atoms with E-state index >= 15 is 0 Å². The molecule has 1 fully saturated rings. The van der Waals surface area contributed by atoms with Crippen LogP contribution in [-0.2, 0) is 4.79 Å². The number of hydrogen-bond acceptors (Lipinski definition) is 4. The Hall–Kier alpha value is -1.95. The first-order valence-electron chi connectivity index (χ1n) is 6.57. The Morgan fingerprint density at radius 2 is 2.10 bits per heavy atom. The van der Waals surface area contributed by atoms with Gasteiger partial charge in [0, 0.05) is 5.56 Å². The number of carbonyl (C=O) groups is 2. The molecule has 112 valence electrons. The lowest BCUT2D eigenvalue weighted by atomic mass is 9.95. The molecule has 1 amide bonds. The first kappa shape index (κ1) is 14.0. The molecule has 2 aliphatic rings. The zero-order valence-electron chi connectivity index (χ0n) is 11.3. The van der Waals surface area contributed by atoms with Crippen molar-refractivity contribution >= 4 is 23.5 Å². The fourth-order valence-corrected chi connectivity index (χ4v) is 2.66. The third kappa shape index (κ3) is 2.40. The molecule has 6 nitrogen and oxygen atoms in total. The first-order chi connectivity index (χ1) is 9.91. The SMILES string of the molecule is CC(NC(=O)c1cc(Cl)c2c(c1)OCO2)(C(=O)O)C1CC1. The summed E-state index contributed by atoms with van der Waals surface area (Å²) in [7, 11) is 0. The van der Waals surface area contributed by atoms with Gasteiger partial charge in [0.1, 0.15) is 5.54 Å². The zero-order chi connectivity index (χ0) is 15.2. The molecular formula is C14H14ClNO5. The van der Waals surface area contributed by atoms with Crippen LogP contribution in [-0.4, -0.2) is 29.3 Å². The molecule has 1 atom stereocenters. The lowest BCUT2D eigenvalue weighted by Gasteiger charge is -2.26. The Morgan fingerprint density at radius 1 is 1.38 bits per heavy atom. The fourth-order valence-electron chi connectivity index (χ4n) is 2.40. The van der Waals surface area contributed by atoms with E-state index in [-0.39, 0.29) is 23.3 Å². The number of amides is 1. The molecule has 1 saturated carbocycles. The standard InChI is InChI=1S/C14H14ClNO5/c1-14(13(18)19,8-2-3-8)16-12(17)7-4-9(15)11-10(5-7)20-6-21-11/h4-5,8H,2-3,6H2,1H3,(H,16,17)(H,18,19). The molecule has 1 aliphatic heterocycles. The molecular weight excluding hydrogens is 298 g/mol. The fraction of sp³-hybridized carbons (Fsp3) is 0.429. The number of fused-ring (bicyclic) bond motifs is 1. The summed E-state index contributed by atoms with van der Waals surface area (Å²) in [6, 6.07) is 2.94. The van der Waals surface area contributed by atoms with Crippen LogP contribution in [0.1, 0.15) is 30.1 Å². The van der Waals surface area contributed by atoms with Gasteiger partial charge in [0.05, 0.1) is 5.02 Å². The van der Waals surface area contributed by atoms with E-state index in [1.165, 1.54) is 19.1 Å². The van der Waals surface area contributed by atoms with Crippen LogP contribution in [0.5, 0.6) is 11.5 Å². The van der Waals surface area contributed by atoms with Crippen LogP contribution in [0.2, 0.25) is 5.02 Å². The van der Waals surface area contributed by atoms with Crippen molar-refractivity contribution in [2.45, 2.75) is 25.3 Å². The largest absolute Gasteiger partial charge is 0.480 e. The number of hydrogen-bond donors (Lipinski definition) is 2. The highest BCUT2D eigenvalue weighted by atomic mass is 35.5. The highest BCUT2D eigenvalue weighted by molar-refractivity contribution is 6.32. The lowest BCUT2D eigenvalue weighted by Crippen LogP contribution is -2.54. The van der Waals surface area contributed by atoms with E-state index in [1.54, 1.807) is 0 Å². The van der Waals surface area contributed by atoms with Crippen molar-refractivity contribution in [2.75, 3.05) is 6.79 Å². The van der Waals surface area contributed by atoms with Crippen molar-refractivity contribution in [3.8, 4) is 11.5 Å². The van der Waals surface area contributed by atoms with E-state index in [0.717, 1.165) is 12.8 Å². The van der Waals surface area contributed by atoms with Gasteiger partial charge in [-0.1, -0.05) is 11.6 Å². The molecule has 1 heterocycles. The molecule has 1 aromatic rings. The first-order valence-corrected chi connectivity index (χ1v) is 6.94. The van der Waals surface area contributed by atoms with Gasteiger partial charge in [-0.15, -0.1) is 0 Å². The summed E-state index contributed by atoms with van der Waals surface area (Å²) in [6.07, 6.45) is 1.59. The Morgan fingerprint density at radius 3 is 2.71 bits per heavy atom. The second kappa shape index (κ2) is 4.80. The lowest BCUT2D eigenvalue weighted by molar-refractivity contribution is -0.144. The monoisotopic (exact) mass is 311 g/mol. The van der Waals surface area contributed by atoms with Crippen molar-refractivity contribution in [3.05, 3.63) is 22.7 Å². The van der Waals surface area contributed by atoms with Crippen molar-refractivity contribution in [1.29, 1.82) is 0 Å². The van der Waals surface area contributed by atoms with Crippen LogP contribution >= 0.6 is 11.6 Å². The number of benzene rings is 1. The summed E-state index contributed by atoms with van der Waals surface area (Å²) in [5, 5.41) is 12.2. The van der Waals surface area contributed by atoms with Gasteiger partial charge >= 0.3 is 5.97 Å². The van der Waals surface area contributed by atoms with E-state index < -0.39 is 17.4 Å². The van der Waals surface area contributed by atoms with Crippen LogP contribution < -0.4 is 14.8 Å². The van der Waals surface area contributed by atoms with Gasteiger partial charge < -0.3 is 19.9 Å². The second-order valence-corrected chi connectivity index (χ2v) is 5.83. The molecule has 0 spiro atoms. The summed E-state index contributed by atoms with van der Waals surface area (Å²) in [5.74, 6) is -0.784. The summed E-state index contributed by atoms with van der Waals surface area (Å²) in [4.78, 5) is 23.8. The Labute approximate surface area is 126 Å². The van der Waals surface area contributed by atoms with Crippen LogP contribution in [0, 0.1) is 5.92 Å². The van der Waals surface area contributed by atoms with Crippen LogP contribution in [0.4, 0.5) is 0 Å². The van der Waals surface area contributed by atoms with Gasteiger partial charge in [-0.05, 0) is 37.8 Å². The minimum Gasteiger partial charge on any atom is -0.480 e. The molecule has 1 unspecified atom stereocenters. The number of rotatable bonds is 4. The molecule has 0 aromatic heterocycles. The number of carboxylic acid groups (broad SMARTS) is 1. The normalized spacial score (nSPS) is 19.0. The minimum atomic E-state index is -1.26.